The molecular formula is C56H88O23. The predicted molar refractivity (Wildman–Crippen MR) is 272 cm³/mol. The maximum Gasteiger partial charge on any atom is 0.333 e. The van der Waals surface area contributed by atoms with E-state index in [1.165, 1.54) is 26.8 Å². The summed E-state index contributed by atoms with van der Waals surface area (Å²) in [4.78, 5) is 38.1. The number of rotatable bonds is 13. The first-order valence-electron chi connectivity index (χ1n) is 28.0. The largest absolute Gasteiger partial charge is 0.465 e. The number of carbonyl (C=O) groups excluding carboxylic acids is 3. The summed E-state index contributed by atoms with van der Waals surface area (Å²) in [7, 11) is 0. The van der Waals surface area contributed by atoms with Crippen molar-refractivity contribution in [1.82, 2.24) is 0 Å². The highest BCUT2D eigenvalue weighted by Crippen LogP contribution is 2.76. The van der Waals surface area contributed by atoms with Crippen molar-refractivity contribution in [3.05, 3.63) is 23.3 Å². The van der Waals surface area contributed by atoms with E-state index in [-0.39, 0.29) is 37.0 Å². The number of esters is 3. The molecule has 0 aromatic rings. The Labute approximate surface area is 461 Å². The standard InChI is InChI=1S/C56H88O23/c1-12-24(2)46(69)76-42-40(67)49(72-25(3)41(42)73-27(5)60)78-45-44(68)56(23-71-26(4)59)29(19-51(45,6)7)28-13-14-32-52(8)17-16-34(53(9,22-58)31(52)15-18-54(32,10)55(28,11)20-33(56)61)75-50-43(37(64)38(65)47(70)79-50)77-48-39(66)36(63)35(62)30(21-57)74-48/h12-13,25,29-45,47-50,57-58,61-68,70H,14-23H2,1-11H3/t25-,29-,30+,31+,32+,33+,34-,35+,36-,37-,38-,39+,40-,41+,42-,43+,44-,45-,47-,48+,49+,50+,52-,53+,54+,55+,56-/m0/s1. The minimum atomic E-state index is -1.94. The third-order valence-electron chi connectivity index (χ3n) is 21.0. The van der Waals surface area contributed by atoms with Crippen molar-refractivity contribution in [1.29, 1.82) is 0 Å². The van der Waals surface area contributed by atoms with Gasteiger partial charge in [0.15, 0.2) is 37.4 Å². The summed E-state index contributed by atoms with van der Waals surface area (Å²) < 4.78 is 53.8. The van der Waals surface area contributed by atoms with E-state index in [9.17, 15) is 70.6 Å². The molecule has 11 N–H and O–H groups in total. The fourth-order valence-corrected chi connectivity index (χ4v) is 16.2. The quantitative estimate of drug-likeness (QED) is 0.0384. The molecule has 23 heteroatoms. The second-order valence-corrected chi connectivity index (χ2v) is 25.8. The molecule has 4 saturated carbocycles. The number of ether oxygens (including phenoxy) is 9. The van der Waals surface area contributed by atoms with Crippen LogP contribution in [-0.4, -0.2) is 211 Å². The summed E-state index contributed by atoms with van der Waals surface area (Å²) in [5.41, 5.74) is -3.89. The van der Waals surface area contributed by atoms with Crippen LogP contribution in [0.5, 0.6) is 0 Å². The molecule has 0 spiro atoms. The second-order valence-electron chi connectivity index (χ2n) is 25.8. The average Bonchev–Trinajstić information content (AvgIpc) is 3.50. The smallest absolute Gasteiger partial charge is 0.333 e. The van der Waals surface area contributed by atoms with Crippen molar-refractivity contribution in [2.45, 2.75) is 238 Å². The lowest BCUT2D eigenvalue weighted by Gasteiger charge is -2.72. The molecule has 0 aromatic carbocycles. The third kappa shape index (κ3) is 10.3. The number of fused-ring (bicyclic) bond motifs is 7. The van der Waals surface area contributed by atoms with Crippen molar-refractivity contribution in [2.75, 3.05) is 19.8 Å². The van der Waals surface area contributed by atoms with Gasteiger partial charge in [0, 0.05) is 24.8 Å². The molecule has 3 aliphatic heterocycles. The lowest BCUT2D eigenvalue weighted by atomic mass is 9.33. The first kappa shape index (κ1) is 62.3. The van der Waals surface area contributed by atoms with Crippen LogP contribution < -0.4 is 0 Å². The molecule has 79 heavy (non-hydrogen) atoms. The van der Waals surface area contributed by atoms with Crippen LogP contribution in [0, 0.1) is 50.2 Å². The number of aliphatic hydroxyl groups is 11. The first-order valence-corrected chi connectivity index (χ1v) is 28.0. The highest BCUT2D eigenvalue weighted by molar-refractivity contribution is 5.87. The topological polar surface area (TPSA) is 357 Å². The van der Waals surface area contributed by atoms with Gasteiger partial charge in [0.05, 0.1) is 49.1 Å². The molecule has 0 bridgehead atoms. The highest BCUT2D eigenvalue weighted by Gasteiger charge is 2.74. The Kier molecular flexibility index (Phi) is 17.9. The molecule has 3 heterocycles. The van der Waals surface area contributed by atoms with E-state index in [0.717, 1.165) is 5.57 Å². The molecule has 0 amide bonds. The van der Waals surface area contributed by atoms with Crippen LogP contribution in [0.25, 0.3) is 0 Å². The Morgan fingerprint density at radius 2 is 1.37 bits per heavy atom. The van der Waals surface area contributed by atoms with Crippen molar-refractivity contribution in [2.24, 2.45) is 50.2 Å². The molecule has 5 aliphatic carbocycles. The summed E-state index contributed by atoms with van der Waals surface area (Å²) in [6.45, 7) is 18.1. The van der Waals surface area contributed by atoms with Crippen LogP contribution in [0.4, 0.5) is 0 Å². The SMILES string of the molecule is CC=C(C)C(=O)O[C@H]1[C@H](O)[C@@H](O[C@H]2[C@H](O)[C@]3(COC(C)=O)[C@H](O)C[C@]4(C)C(=CC[C@@H]5[C@@]6(C)CC[C@H](O[C@@H]7O[C@H](O)[C@@H](O)[C@H](O)[C@H]7O[C@H]7O[C@H](CO)[C@@H](O)[C@H](O)[C@H]7O)[C@](C)(CO)[C@@H]6CC[C@]54C)[C@@H]3CC2(C)C)O[C@@H](C)[C@H]1OC(C)=O. The molecule has 0 aromatic heterocycles. The van der Waals surface area contributed by atoms with Crippen molar-refractivity contribution < 1.29 is 113 Å². The molecule has 8 aliphatic rings. The molecule has 3 saturated heterocycles. The molecule has 0 radical (unpaired) electrons. The van der Waals surface area contributed by atoms with Gasteiger partial charge in [-0.1, -0.05) is 59.3 Å². The zero-order chi connectivity index (χ0) is 58.4. The van der Waals surface area contributed by atoms with E-state index < -0.39 is 180 Å². The zero-order valence-corrected chi connectivity index (χ0v) is 47.2. The van der Waals surface area contributed by atoms with E-state index in [2.05, 4.69) is 26.8 Å². The van der Waals surface area contributed by atoms with E-state index >= 15 is 0 Å². The average molecular weight is 1130 g/mol. The van der Waals surface area contributed by atoms with Gasteiger partial charge in [-0.3, -0.25) is 9.59 Å². The van der Waals surface area contributed by atoms with Crippen LogP contribution >= 0.6 is 0 Å². The lowest BCUT2D eigenvalue weighted by molar-refractivity contribution is -0.396. The second kappa shape index (κ2) is 22.7. The monoisotopic (exact) mass is 1130 g/mol. The molecular weight excluding hydrogens is 1040 g/mol. The van der Waals surface area contributed by atoms with Gasteiger partial charge in [-0.2, -0.15) is 0 Å². The summed E-state index contributed by atoms with van der Waals surface area (Å²) in [5.74, 6) is -2.91. The van der Waals surface area contributed by atoms with Gasteiger partial charge < -0.3 is 98.8 Å². The van der Waals surface area contributed by atoms with E-state index in [4.69, 9.17) is 42.6 Å². The van der Waals surface area contributed by atoms with Crippen LogP contribution in [0.1, 0.15) is 121 Å². The van der Waals surface area contributed by atoms with Gasteiger partial charge in [0.25, 0.3) is 0 Å². The number of aliphatic hydroxyl groups excluding tert-OH is 11. The number of hydrogen-bond donors (Lipinski definition) is 11. The Morgan fingerprint density at radius 3 is 1.99 bits per heavy atom. The van der Waals surface area contributed by atoms with Crippen molar-refractivity contribution in [3.63, 3.8) is 0 Å². The fourth-order valence-electron chi connectivity index (χ4n) is 16.2. The normalized spacial score (nSPS) is 50.6. The predicted octanol–water partition coefficient (Wildman–Crippen LogP) is 0.143. The number of carbonyl (C=O) groups is 3. The lowest BCUT2D eigenvalue weighted by Crippen LogP contribution is -2.73. The summed E-state index contributed by atoms with van der Waals surface area (Å²) >= 11 is 0. The zero-order valence-electron chi connectivity index (χ0n) is 47.2. The Hall–Kier alpha value is -2.79. The molecule has 450 valence electrons. The molecule has 7 fully saturated rings. The van der Waals surface area contributed by atoms with Crippen LogP contribution in [0.15, 0.2) is 23.3 Å². The summed E-state index contributed by atoms with van der Waals surface area (Å²) in [6.07, 6.45) is -22.3. The van der Waals surface area contributed by atoms with Gasteiger partial charge in [-0.05, 0) is 105 Å². The van der Waals surface area contributed by atoms with E-state index in [1.54, 1.807) is 13.8 Å². The van der Waals surface area contributed by atoms with Crippen LogP contribution in [0.3, 0.4) is 0 Å². The Morgan fingerprint density at radius 1 is 0.696 bits per heavy atom. The molecule has 8 rings (SSSR count). The van der Waals surface area contributed by atoms with Gasteiger partial charge in [-0.25, -0.2) is 4.79 Å². The first-order chi connectivity index (χ1) is 36.8. The van der Waals surface area contributed by atoms with E-state index in [1.807, 2.05) is 20.8 Å². The van der Waals surface area contributed by atoms with Gasteiger partial charge in [-0.15, -0.1) is 0 Å². The number of allylic oxidation sites excluding steroid dienone is 3. The fraction of sp³-hybridized carbons (Fsp3) is 0.875. The maximum absolute atomic E-state index is 13.1. The van der Waals surface area contributed by atoms with Crippen LogP contribution in [0.2, 0.25) is 0 Å². The Balaban J connectivity index is 1.08. The maximum atomic E-state index is 13.1. The van der Waals surface area contributed by atoms with Crippen LogP contribution in [-0.2, 0) is 57.0 Å². The van der Waals surface area contributed by atoms with Gasteiger partial charge in [0.1, 0.15) is 55.4 Å². The highest BCUT2D eigenvalue weighted by atomic mass is 16.8. The third-order valence-corrected chi connectivity index (χ3v) is 21.0. The molecule has 0 unspecified atom stereocenters. The van der Waals surface area contributed by atoms with E-state index in [0.29, 0.717) is 38.5 Å². The Bertz CT molecular complexity index is 2290. The van der Waals surface area contributed by atoms with Gasteiger partial charge in [0.2, 0.25) is 0 Å². The molecule has 23 nitrogen and oxygen atoms in total. The minimum absolute atomic E-state index is 0.0431. The van der Waals surface area contributed by atoms with Gasteiger partial charge >= 0.3 is 17.9 Å². The minimum Gasteiger partial charge on any atom is -0.465 e. The summed E-state index contributed by atoms with van der Waals surface area (Å²) in [5, 5.41) is 124. The van der Waals surface area contributed by atoms with Crippen molar-refractivity contribution >= 4 is 17.9 Å². The number of hydrogen-bond acceptors (Lipinski definition) is 23. The molecule has 27 atom stereocenters. The summed E-state index contributed by atoms with van der Waals surface area (Å²) in [6, 6.07) is 0. The van der Waals surface area contributed by atoms with Crippen molar-refractivity contribution in [3.8, 4) is 0 Å².